The van der Waals surface area contributed by atoms with Crippen molar-refractivity contribution in [2.75, 3.05) is 0 Å². The zero-order valence-electron chi connectivity index (χ0n) is 47.2. The van der Waals surface area contributed by atoms with Gasteiger partial charge in [-0.1, -0.05) is 291 Å². The zero-order chi connectivity index (χ0) is 42.0. The van der Waals surface area contributed by atoms with Crippen LogP contribution < -0.4 is 0 Å². The van der Waals surface area contributed by atoms with Crippen LogP contribution in [0.2, 0.25) is 0 Å². The molecule has 0 aromatic rings. The fourth-order valence-corrected chi connectivity index (χ4v) is 0. The molecule has 0 aliphatic carbocycles. The Kier molecular flexibility index (Phi) is 2020000. The van der Waals surface area contributed by atoms with E-state index in [1.54, 1.807) is 0 Å². The first kappa shape index (κ1) is 283. The smallest absolute Gasteiger partial charge is 0 e. The van der Waals surface area contributed by atoms with Crippen LogP contribution in [0.5, 0.6) is 0 Å². The van der Waals surface area contributed by atoms with E-state index in [1.807, 2.05) is 291 Å². The maximum Gasteiger partial charge on any atom is 0 e. The highest BCUT2D eigenvalue weighted by molar-refractivity contribution is 5.76. The van der Waals surface area contributed by atoms with E-state index in [-0.39, 0.29) is 75.7 Å². The van der Waals surface area contributed by atoms with Gasteiger partial charge in [0.25, 0.3) is 0 Å². The minimum Gasteiger partial charge on any atom is -0.0683 e. The van der Waals surface area contributed by atoms with Gasteiger partial charge >= 0.3 is 0 Å². The third-order valence-electron chi connectivity index (χ3n) is 0. The number of hydrogen-bond donors (Lipinski definition) is 0. The van der Waals surface area contributed by atoms with E-state index in [9.17, 15) is 0 Å². The zero-order valence-corrected chi connectivity index (χ0v) is 47.2. The Morgan fingerprint density at radius 2 is 0.0588 bits per heavy atom. The summed E-state index contributed by atoms with van der Waals surface area (Å²) in [5.41, 5.74) is 0. The first-order valence-corrected chi connectivity index (χ1v) is 21.0. The van der Waals surface area contributed by atoms with Crippen LogP contribution in [0.25, 0.3) is 0 Å². The molecule has 0 aromatic heterocycles. The molecule has 0 saturated carbocycles. The van der Waals surface area contributed by atoms with Crippen molar-refractivity contribution in [2.24, 2.45) is 0 Å². The van der Waals surface area contributed by atoms with Crippen molar-refractivity contribution in [3.8, 4) is 0 Å². The van der Waals surface area contributed by atoms with Crippen LogP contribution >= 0.6 is 0 Å². The van der Waals surface area contributed by atoms with Crippen LogP contribution in [0.15, 0.2) is 0 Å². The Labute approximate surface area is 365 Å². The summed E-state index contributed by atoms with van der Waals surface area (Å²) >= 11 is 0. The highest BCUT2D eigenvalue weighted by Gasteiger charge is 0.972. The highest BCUT2D eigenvalue weighted by atomic mass is 13.1. The molecule has 321 valence electrons. The highest BCUT2D eigenvalue weighted by Crippen LogP contribution is 1.18. The number of rotatable bonds is 0. The SMILES string of the molecule is CC.CC.CC.CC.CC.CC.CC.CC.CC.CC.CC.CC.CC.CC.CC.CC.CC.CC.CC.CC.CC.[B].[B].[B].[B].[B].[B].[B].[B].[B]. The Bertz CT molecular complexity index is 34.3. The Morgan fingerprint density at radius 3 is 0.0588 bits per heavy atom. The number of hydrogen-bond acceptors (Lipinski definition) is 0. The minimum absolute atomic E-state index is 0. The van der Waals surface area contributed by atoms with Crippen molar-refractivity contribution in [1.29, 1.82) is 0 Å². The Hall–Kier alpha value is 0.584. The van der Waals surface area contributed by atoms with Crippen LogP contribution in [0.1, 0.15) is 291 Å². The summed E-state index contributed by atoms with van der Waals surface area (Å²) in [5, 5.41) is 0. The van der Waals surface area contributed by atoms with Crippen LogP contribution in [0.3, 0.4) is 0 Å². The van der Waals surface area contributed by atoms with Gasteiger partial charge in [0.1, 0.15) is 0 Å². The van der Waals surface area contributed by atoms with Crippen molar-refractivity contribution in [1.82, 2.24) is 0 Å². The largest absolute Gasteiger partial charge is 0.0683 e. The van der Waals surface area contributed by atoms with E-state index in [0.29, 0.717) is 0 Å². The summed E-state index contributed by atoms with van der Waals surface area (Å²) in [5.74, 6) is 0. The molecule has 0 heterocycles. The second-order valence-electron chi connectivity index (χ2n) is 0. The molecule has 0 aliphatic rings. The molecule has 0 aliphatic heterocycles. The van der Waals surface area contributed by atoms with Crippen molar-refractivity contribution < 1.29 is 0 Å². The van der Waals surface area contributed by atoms with Crippen molar-refractivity contribution in [3.05, 3.63) is 0 Å². The van der Waals surface area contributed by atoms with E-state index in [4.69, 9.17) is 0 Å². The lowest BCUT2D eigenvalue weighted by atomic mass is 10.8. The lowest BCUT2D eigenvalue weighted by Gasteiger charge is -1.07. The van der Waals surface area contributed by atoms with Gasteiger partial charge in [-0.25, -0.2) is 0 Å². The molecule has 0 atom stereocenters. The topological polar surface area (TPSA) is 0 Å². The van der Waals surface area contributed by atoms with Crippen molar-refractivity contribution in [3.63, 3.8) is 0 Å². The molecule has 51 heavy (non-hydrogen) atoms. The first-order chi connectivity index (χ1) is 21.0. The maximum absolute atomic E-state index is 2.00. The molecule has 0 unspecified atom stereocenters. The molecule has 0 amide bonds. The quantitative estimate of drug-likeness (QED) is 0.218. The predicted molar refractivity (Wildman–Crippen MR) is 290 cm³/mol. The average molecular weight is 729 g/mol. The second kappa shape index (κ2) is 364000. The van der Waals surface area contributed by atoms with Gasteiger partial charge in [-0.2, -0.15) is 0 Å². The summed E-state index contributed by atoms with van der Waals surface area (Å²) in [6.07, 6.45) is 0. The summed E-state index contributed by atoms with van der Waals surface area (Å²) in [6, 6.07) is 0. The third-order valence-corrected chi connectivity index (χ3v) is 0. The van der Waals surface area contributed by atoms with Crippen LogP contribution in [0.4, 0.5) is 0 Å². The fraction of sp³-hybridized carbons (Fsp3) is 1.00. The Balaban J connectivity index is -0.00000000321. The van der Waals surface area contributed by atoms with Gasteiger partial charge in [0.05, 0.1) is 0 Å². The molecule has 27 radical (unpaired) electrons. The van der Waals surface area contributed by atoms with Gasteiger partial charge in [0.15, 0.2) is 0 Å². The van der Waals surface area contributed by atoms with E-state index in [2.05, 4.69) is 0 Å². The maximum atomic E-state index is 2.00. The lowest BCUT2D eigenvalue weighted by Crippen LogP contribution is -0.856. The standard InChI is InChI=1S/21C2H6.9B/c21*1-2;;;;;;;;;/h21*1-2H3;;;;;;;;;. The van der Waals surface area contributed by atoms with Gasteiger partial charge in [0.2, 0.25) is 0 Å². The van der Waals surface area contributed by atoms with Gasteiger partial charge in [-0.05, 0) is 0 Å². The van der Waals surface area contributed by atoms with E-state index >= 15 is 0 Å². The molecule has 0 rings (SSSR count). The minimum atomic E-state index is 0. The van der Waals surface area contributed by atoms with Gasteiger partial charge in [-0.15, -0.1) is 0 Å². The van der Waals surface area contributed by atoms with Gasteiger partial charge in [0, 0.05) is 75.7 Å². The summed E-state index contributed by atoms with van der Waals surface area (Å²) in [7, 11) is 0. The fourth-order valence-electron chi connectivity index (χ4n) is 0. The van der Waals surface area contributed by atoms with Crippen LogP contribution in [-0.4, -0.2) is 75.7 Å². The monoisotopic (exact) mass is 730 g/mol. The Morgan fingerprint density at radius 1 is 0.0588 bits per heavy atom. The molecule has 0 aromatic carbocycles. The van der Waals surface area contributed by atoms with E-state index in [0.717, 1.165) is 0 Å². The molecule has 0 N–H and O–H groups in total. The molecule has 0 nitrogen and oxygen atoms in total. The third kappa shape index (κ3) is 350000. The molecule has 9 heteroatoms. The molecular formula is C42H126B9. The molecule has 0 fully saturated rings. The molecular weight excluding hydrogens is 602 g/mol. The average Bonchev–Trinajstić information content (AvgIpc) is 3.24. The summed E-state index contributed by atoms with van der Waals surface area (Å²) < 4.78 is 0. The van der Waals surface area contributed by atoms with E-state index < -0.39 is 0 Å². The van der Waals surface area contributed by atoms with Crippen LogP contribution in [-0.2, 0) is 0 Å². The van der Waals surface area contributed by atoms with E-state index in [1.165, 1.54) is 0 Å². The molecule has 0 bridgehead atoms. The summed E-state index contributed by atoms with van der Waals surface area (Å²) in [4.78, 5) is 0. The van der Waals surface area contributed by atoms with Crippen LogP contribution in [0, 0.1) is 0 Å². The molecule has 0 saturated heterocycles. The first-order valence-electron chi connectivity index (χ1n) is 21.0. The predicted octanol–water partition coefficient (Wildman–Crippen LogP) is 18.1. The second-order valence-corrected chi connectivity index (χ2v) is 0. The normalized spacial score (nSPS) is 2.47. The lowest BCUT2D eigenvalue weighted by molar-refractivity contribution is 1.50. The van der Waals surface area contributed by atoms with Crippen molar-refractivity contribution >= 4 is 75.7 Å². The van der Waals surface area contributed by atoms with Gasteiger partial charge in [-0.3, -0.25) is 0 Å². The summed E-state index contributed by atoms with van der Waals surface area (Å²) in [6.45, 7) is 84.0. The van der Waals surface area contributed by atoms with Gasteiger partial charge < -0.3 is 0 Å². The molecule has 0 spiro atoms. The van der Waals surface area contributed by atoms with Crippen molar-refractivity contribution in [2.45, 2.75) is 291 Å².